The number of methoxy groups -OCH3 is 1. The van der Waals surface area contributed by atoms with Gasteiger partial charge in [-0.1, -0.05) is 37.6 Å². The third-order valence-electron chi connectivity index (χ3n) is 5.29. The standard InChI is InChI=1S/C25H25N3O3S/c1-3-4-13-28-24(29)20(27-25(28)32)15-17-10-11-21(30-2)19(14-17)16-31-22-9-5-7-18-8-6-12-26-23(18)22/h5-12,14-15H,3-4,13,16H2,1-2H3,(H,27,32)/b20-15+. The number of rotatable bonds is 8. The van der Waals surface area contributed by atoms with Gasteiger partial charge in [0.05, 0.1) is 7.11 Å². The van der Waals surface area contributed by atoms with Crippen LogP contribution in [0.4, 0.5) is 0 Å². The molecule has 0 atom stereocenters. The fourth-order valence-electron chi connectivity index (χ4n) is 3.61. The zero-order valence-corrected chi connectivity index (χ0v) is 18.9. The van der Waals surface area contributed by atoms with Gasteiger partial charge in [0.25, 0.3) is 5.91 Å². The van der Waals surface area contributed by atoms with E-state index in [1.165, 1.54) is 0 Å². The maximum Gasteiger partial charge on any atom is 0.276 e. The second-order valence-electron chi connectivity index (χ2n) is 7.49. The molecule has 0 unspecified atom stereocenters. The molecule has 1 N–H and O–H groups in total. The number of thiocarbonyl (C=S) groups is 1. The van der Waals surface area contributed by atoms with E-state index in [0.29, 0.717) is 35.5 Å². The van der Waals surface area contributed by atoms with Crippen molar-refractivity contribution in [2.45, 2.75) is 26.4 Å². The largest absolute Gasteiger partial charge is 0.496 e. The quantitative estimate of drug-likeness (QED) is 0.400. The number of fused-ring (bicyclic) bond motifs is 1. The van der Waals surface area contributed by atoms with Crippen LogP contribution in [0.15, 0.2) is 60.4 Å². The number of hydrogen-bond donors (Lipinski definition) is 1. The lowest BCUT2D eigenvalue weighted by molar-refractivity contribution is -0.122. The Morgan fingerprint density at radius 1 is 1.16 bits per heavy atom. The van der Waals surface area contributed by atoms with Gasteiger partial charge in [-0.25, -0.2) is 0 Å². The molecule has 7 heteroatoms. The first-order valence-corrected chi connectivity index (χ1v) is 11.0. The molecule has 1 aliphatic rings. The van der Waals surface area contributed by atoms with Crippen LogP contribution in [0.3, 0.4) is 0 Å². The van der Waals surface area contributed by atoms with Crippen LogP contribution in [0.25, 0.3) is 17.0 Å². The SMILES string of the molecule is CCCCN1C(=O)/C(=C\c2ccc(OC)c(COc3cccc4cccnc34)c2)NC1=S. The minimum absolute atomic E-state index is 0.0982. The van der Waals surface area contributed by atoms with E-state index in [4.69, 9.17) is 21.7 Å². The Hall–Kier alpha value is -3.45. The number of nitrogens with one attached hydrogen (secondary N) is 1. The van der Waals surface area contributed by atoms with E-state index in [-0.39, 0.29) is 5.91 Å². The van der Waals surface area contributed by atoms with Crippen LogP contribution in [0.2, 0.25) is 0 Å². The summed E-state index contributed by atoms with van der Waals surface area (Å²) in [6, 6.07) is 15.5. The van der Waals surface area contributed by atoms with Crippen molar-refractivity contribution >= 4 is 40.2 Å². The number of amides is 1. The van der Waals surface area contributed by atoms with Crippen molar-refractivity contribution in [1.82, 2.24) is 15.2 Å². The molecule has 1 fully saturated rings. The molecule has 1 amide bonds. The fraction of sp³-hybridized carbons (Fsp3) is 0.240. The molecule has 0 bridgehead atoms. The number of unbranched alkanes of at least 4 members (excludes halogenated alkanes) is 1. The van der Waals surface area contributed by atoms with Crippen molar-refractivity contribution in [3.05, 3.63) is 71.6 Å². The van der Waals surface area contributed by atoms with Gasteiger partial charge < -0.3 is 14.8 Å². The van der Waals surface area contributed by atoms with Gasteiger partial charge in [-0.05, 0) is 54.5 Å². The van der Waals surface area contributed by atoms with Crippen molar-refractivity contribution < 1.29 is 14.3 Å². The average molecular weight is 448 g/mol. The predicted molar refractivity (Wildman–Crippen MR) is 129 cm³/mol. The van der Waals surface area contributed by atoms with Crippen LogP contribution in [0.5, 0.6) is 11.5 Å². The molecule has 2 aromatic carbocycles. The van der Waals surface area contributed by atoms with Crippen LogP contribution in [0.1, 0.15) is 30.9 Å². The van der Waals surface area contributed by atoms with Crippen LogP contribution in [0, 0.1) is 0 Å². The van der Waals surface area contributed by atoms with E-state index in [1.54, 1.807) is 18.2 Å². The molecule has 1 aliphatic heterocycles. The molecule has 6 nitrogen and oxygen atoms in total. The summed E-state index contributed by atoms with van der Waals surface area (Å²) in [6.07, 6.45) is 5.47. The number of nitrogens with zero attached hydrogens (tertiary/aromatic N) is 2. The minimum atomic E-state index is -0.0982. The van der Waals surface area contributed by atoms with Crippen molar-refractivity contribution in [3.8, 4) is 11.5 Å². The first kappa shape index (κ1) is 21.8. The molecule has 0 radical (unpaired) electrons. The van der Waals surface area contributed by atoms with Crippen molar-refractivity contribution in [1.29, 1.82) is 0 Å². The molecule has 3 aromatic rings. The zero-order chi connectivity index (χ0) is 22.5. The van der Waals surface area contributed by atoms with Gasteiger partial charge in [0, 0.05) is 23.7 Å². The van der Waals surface area contributed by atoms with Gasteiger partial charge in [0.15, 0.2) is 5.11 Å². The average Bonchev–Trinajstić information content (AvgIpc) is 3.08. The number of ether oxygens (including phenoxy) is 2. The number of para-hydroxylation sites is 1. The molecular weight excluding hydrogens is 422 g/mol. The van der Waals surface area contributed by atoms with E-state index in [1.807, 2.05) is 54.6 Å². The summed E-state index contributed by atoms with van der Waals surface area (Å²) in [5, 5.41) is 4.51. The topological polar surface area (TPSA) is 63.7 Å². The van der Waals surface area contributed by atoms with Gasteiger partial charge in [0.1, 0.15) is 29.3 Å². The van der Waals surface area contributed by atoms with Crippen LogP contribution in [-0.4, -0.2) is 34.6 Å². The summed E-state index contributed by atoms with van der Waals surface area (Å²) < 4.78 is 11.6. The van der Waals surface area contributed by atoms with Gasteiger partial charge >= 0.3 is 0 Å². The van der Waals surface area contributed by atoms with E-state index in [2.05, 4.69) is 17.2 Å². The van der Waals surface area contributed by atoms with Crippen LogP contribution < -0.4 is 14.8 Å². The van der Waals surface area contributed by atoms with Crippen molar-refractivity contribution in [2.24, 2.45) is 0 Å². The summed E-state index contributed by atoms with van der Waals surface area (Å²) in [5.74, 6) is 1.32. The number of hydrogen-bond acceptors (Lipinski definition) is 5. The Balaban J connectivity index is 1.56. The Kier molecular flexibility index (Phi) is 6.66. The molecule has 164 valence electrons. The molecule has 0 saturated carbocycles. The molecule has 4 rings (SSSR count). The Labute approximate surface area is 192 Å². The predicted octanol–water partition coefficient (Wildman–Crippen LogP) is 4.68. The van der Waals surface area contributed by atoms with Crippen molar-refractivity contribution in [2.75, 3.05) is 13.7 Å². The van der Waals surface area contributed by atoms with Crippen LogP contribution >= 0.6 is 12.2 Å². The van der Waals surface area contributed by atoms with E-state index >= 15 is 0 Å². The normalized spacial score (nSPS) is 14.8. The number of pyridine rings is 1. The maximum absolute atomic E-state index is 12.7. The smallest absolute Gasteiger partial charge is 0.276 e. The summed E-state index contributed by atoms with van der Waals surface area (Å²) in [6.45, 7) is 3.01. The molecule has 0 spiro atoms. The summed E-state index contributed by atoms with van der Waals surface area (Å²) in [5.41, 5.74) is 3.01. The maximum atomic E-state index is 12.7. The van der Waals surface area contributed by atoms with Crippen molar-refractivity contribution in [3.63, 3.8) is 0 Å². The highest BCUT2D eigenvalue weighted by Crippen LogP contribution is 2.27. The molecule has 1 saturated heterocycles. The molecule has 1 aromatic heterocycles. The Morgan fingerprint density at radius 2 is 2.00 bits per heavy atom. The second kappa shape index (κ2) is 9.78. The first-order valence-electron chi connectivity index (χ1n) is 10.6. The third kappa shape index (κ3) is 4.57. The van der Waals surface area contributed by atoms with E-state index in [9.17, 15) is 4.79 Å². The first-order chi connectivity index (χ1) is 15.6. The highest BCUT2D eigenvalue weighted by atomic mass is 32.1. The lowest BCUT2D eigenvalue weighted by Crippen LogP contribution is -2.31. The summed E-state index contributed by atoms with van der Waals surface area (Å²) in [7, 11) is 1.63. The zero-order valence-electron chi connectivity index (χ0n) is 18.1. The Morgan fingerprint density at radius 3 is 2.81 bits per heavy atom. The number of benzene rings is 2. The molecular formula is C25H25N3O3S. The highest BCUT2D eigenvalue weighted by molar-refractivity contribution is 7.80. The van der Waals surface area contributed by atoms with Crippen LogP contribution in [-0.2, 0) is 11.4 Å². The van der Waals surface area contributed by atoms with E-state index < -0.39 is 0 Å². The number of aromatic nitrogens is 1. The number of carbonyl (C=O) groups is 1. The lowest BCUT2D eigenvalue weighted by Gasteiger charge is -2.13. The van der Waals surface area contributed by atoms with Gasteiger partial charge in [-0.15, -0.1) is 0 Å². The second-order valence-corrected chi connectivity index (χ2v) is 7.88. The third-order valence-corrected chi connectivity index (χ3v) is 5.61. The summed E-state index contributed by atoms with van der Waals surface area (Å²) in [4.78, 5) is 18.8. The lowest BCUT2D eigenvalue weighted by atomic mass is 10.1. The monoisotopic (exact) mass is 447 g/mol. The number of carbonyl (C=O) groups excluding carboxylic acids is 1. The molecule has 32 heavy (non-hydrogen) atoms. The fourth-order valence-corrected chi connectivity index (χ4v) is 3.89. The molecule has 2 heterocycles. The summed E-state index contributed by atoms with van der Waals surface area (Å²) >= 11 is 5.33. The van der Waals surface area contributed by atoms with E-state index in [0.717, 1.165) is 34.9 Å². The highest BCUT2D eigenvalue weighted by Gasteiger charge is 2.29. The van der Waals surface area contributed by atoms with Gasteiger partial charge in [-0.3, -0.25) is 14.7 Å². The Bertz CT molecular complexity index is 1190. The minimum Gasteiger partial charge on any atom is -0.496 e. The molecule has 0 aliphatic carbocycles. The van der Waals surface area contributed by atoms with Gasteiger partial charge in [-0.2, -0.15) is 0 Å². The van der Waals surface area contributed by atoms with Gasteiger partial charge in [0.2, 0.25) is 0 Å².